The highest BCUT2D eigenvalue weighted by molar-refractivity contribution is 6.17. The van der Waals surface area contributed by atoms with Gasteiger partial charge in [0.05, 0.1) is 12.1 Å². The summed E-state index contributed by atoms with van der Waals surface area (Å²) in [7, 11) is 1.93. The van der Waals surface area contributed by atoms with Crippen LogP contribution in [0.25, 0.3) is 0 Å². The number of hydrogen-bond donors (Lipinski definition) is 0. The molecule has 0 saturated carbocycles. The highest BCUT2D eigenvalue weighted by Gasteiger charge is 2.09. The molecule has 0 radical (unpaired) electrons. The van der Waals surface area contributed by atoms with E-state index in [4.69, 9.17) is 11.6 Å². The molecule has 2 heterocycles. The van der Waals surface area contributed by atoms with E-state index in [1.165, 1.54) is 17.8 Å². The summed E-state index contributed by atoms with van der Waals surface area (Å²) in [6, 6.07) is 5.39. The van der Waals surface area contributed by atoms with E-state index in [1.807, 2.05) is 24.1 Å². The first-order valence-corrected chi connectivity index (χ1v) is 6.54. The Balaban J connectivity index is 2.05. The van der Waals surface area contributed by atoms with Gasteiger partial charge in [-0.15, -0.1) is 11.6 Å². The van der Waals surface area contributed by atoms with Crippen LogP contribution in [0, 0.1) is 5.82 Å². The second kappa shape index (κ2) is 6.48. The van der Waals surface area contributed by atoms with Gasteiger partial charge in [0.2, 0.25) is 0 Å². The fraction of sp³-hybridized carbons (Fsp3) is 0.286. The quantitative estimate of drug-likeness (QED) is 0.788. The molecule has 0 atom stereocenters. The van der Waals surface area contributed by atoms with Gasteiger partial charge in [-0.1, -0.05) is 0 Å². The summed E-state index contributed by atoms with van der Waals surface area (Å²) in [6.45, 7) is 0.784. The van der Waals surface area contributed by atoms with E-state index >= 15 is 0 Å². The van der Waals surface area contributed by atoms with Crippen LogP contribution < -0.4 is 4.90 Å². The molecule has 0 spiro atoms. The van der Waals surface area contributed by atoms with Crippen LogP contribution in [-0.4, -0.2) is 23.6 Å². The zero-order chi connectivity index (χ0) is 13.7. The zero-order valence-corrected chi connectivity index (χ0v) is 11.4. The Morgan fingerprint density at radius 2 is 2.05 bits per heavy atom. The minimum atomic E-state index is -0.359. The Morgan fingerprint density at radius 1 is 1.32 bits per heavy atom. The number of nitrogens with zero attached hydrogens (tertiary/aromatic N) is 3. The highest BCUT2D eigenvalue weighted by Crippen LogP contribution is 2.19. The molecule has 2 rings (SSSR count). The van der Waals surface area contributed by atoms with E-state index in [-0.39, 0.29) is 11.7 Å². The fourth-order valence-corrected chi connectivity index (χ4v) is 2.06. The van der Waals surface area contributed by atoms with Crippen LogP contribution in [0.4, 0.5) is 10.2 Å². The van der Waals surface area contributed by atoms with Crippen LogP contribution in [-0.2, 0) is 12.3 Å². The number of hydrogen-bond acceptors (Lipinski definition) is 3. The van der Waals surface area contributed by atoms with Crippen LogP contribution in [0.15, 0.2) is 36.8 Å². The van der Waals surface area contributed by atoms with Gasteiger partial charge >= 0.3 is 0 Å². The first-order chi connectivity index (χ1) is 9.20. The van der Waals surface area contributed by atoms with E-state index < -0.39 is 0 Å². The Morgan fingerprint density at radius 3 is 2.74 bits per heavy atom. The van der Waals surface area contributed by atoms with Gasteiger partial charge in [-0.2, -0.15) is 0 Å². The van der Waals surface area contributed by atoms with Crippen molar-refractivity contribution < 1.29 is 4.39 Å². The molecular formula is C14H15ClFN3. The largest absolute Gasteiger partial charge is 0.359 e. The van der Waals surface area contributed by atoms with Gasteiger partial charge in [-0.05, 0) is 30.2 Å². The maximum atomic E-state index is 13.1. The molecule has 0 fully saturated rings. The van der Waals surface area contributed by atoms with Crippen molar-refractivity contribution in [3.63, 3.8) is 0 Å². The Bertz CT molecular complexity index is 533. The van der Waals surface area contributed by atoms with E-state index in [0.717, 1.165) is 18.8 Å². The third-order valence-corrected chi connectivity index (χ3v) is 3.19. The van der Waals surface area contributed by atoms with Crippen LogP contribution in [0.1, 0.15) is 11.1 Å². The van der Waals surface area contributed by atoms with E-state index in [1.54, 1.807) is 12.4 Å². The number of aromatic nitrogens is 2. The third-order valence-electron chi connectivity index (χ3n) is 2.90. The second-order valence-corrected chi connectivity index (χ2v) is 4.56. The number of alkyl halides is 1. The van der Waals surface area contributed by atoms with Crippen molar-refractivity contribution in [2.45, 2.75) is 12.3 Å². The van der Waals surface area contributed by atoms with Crippen LogP contribution in [0.5, 0.6) is 0 Å². The maximum Gasteiger partial charge on any atom is 0.141 e. The average molecular weight is 280 g/mol. The number of pyridine rings is 2. The van der Waals surface area contributed by atoms with Gasteiger partial charge in [0, 0.05) is 31.5 Å². The summed E-state index contributed by atoms with van der Waals surface area (Å²) in [5, 5.41) is 0. The van der Waals surface area contributed by atoms with E-state index in [0.29, 0.717) is 5.56 Å². The van der Waals surface area contributed by atoms with Gasteiger partial charge in [0.15, 0.2) is 0 Å². The minimum Gasteiger partial charge on any atom is -0.359 e. The molecule has 0 saturated heterocycles. The molecule has 0 bridgehead atoms. The van der Waals surface area contributed by atoms with Crippen molar-refractivity contribution in [1.82, 2.24) is 9.97 Å². The molecule has 100 valence electrons. The Labute approximate surface area is 117 Å². The van der Waals surface area contributed by atoms with Crippen molar-refractivity contribution in [3.8, 4) is 0 Å². The summed E-state index contributed by atoms with van der Waals surface area (Å²) >= 11 is 5.82. The molecule has 3 nitrogen and oxygen atoms in total. The molecule has 0 aliphatic heterocycles. The third kappa shape index (κ3) is 3.64. The van der Waals surface area contributed by atoms with Crippen molar-refractivity contribution in [3.05, 3.63) is 53.7 Å². The first-order valence-electron chi connectivity index (χ1n) is 6.01. The van der Waals surface area contributed by atoms with Crippen LogP contribution in [0.2, 0.25) is 0 Å². The van der Waals surface area contributed by atoms with Crippen LogP contribution in [0.3, 0.4) is 0 Å². The molecule has 0 amide bonds. The maximum absolute atomic E-state index is 13.1. The lowest BCUT2D eigenvalue weighted by molar-refractivity contribution is 0.619. The zero-order valence-electron chi connectivity index (χ0n) is 10.7. The fourth-order valence-electron chi connectivity index (χ4n) is 1.87. The smallest absolute Gasteiger partial charge is 0.141 e. The molecule has 0 aromatic carbocycles. The molecular weight excluding hydrogens is 265 g/mol. The number of anilines is 1. The SMILES string of the molecule is CN(CCc1ccncc1)c1ncc(F)cc1CCl. The summed E-state index contributed by atoms with van der Waals surface area (Å²) in [5.74, 6) is 0.618. The number of rotatable bonds is 5. The molecule has 0 unspecified atom stereocenters. The van der Waals surface area contributed by atoms with Gasteiger partial charge < -0.3 is 4.90 Å². The summed E-state index contributed by atoms with van der Waals surface area (Å²) in [4.78, 5) is 10.1. The van der Waals surface area contributed by atoms with Crippen molar-refractivity contribution in [1.29, 1.82) is 0 Å². The van der Waals surface area contributed by atoms with Crippen molar-refractivity contribution >= 4 is 17.4 Å². The van der Waals surface area contributed by atoms with Gasteiger partial charge in [0.1, 0.15) is 11.6 Å². The minimum absolute atomic E-state index is 0.250. The second-order valence-electron chi connectivity index (χ2n) is 4.30. The summed E-state index contributed by atoms with van der Waals surface area (Å²) < 4.78 is 13.1. The normalized spacial score (nSPS) is 10.5. The molecule has 2 aromatic heterocycles. The first kappa shape index (κ1) is 13.7. The van der Waals surface area contributed by atoms with Crippen LogP contribution >= 0.6 is 11.6 Å². The Hall–Kier alpha value is -1.68. The molecule has 0 aliphatic carbocycles. The lowest BCUT2D eigenvalue weighted by Gasteiger charge is -2.20. The lowest BCUT2D eigenvalue weighted by atomic mass is 10.2. The standard InChI is InChI=1S/C14H15ClFN3/c1-19(7-4-11-2-5-17-6-3-11)14-12(9-15)8-13(16)10-18-14/h2-3,5-6,8,10H,4,7,9H2,1H3. The summed E-state index contributed by atoms with van der Waals surface area (Å²) in [5.41, 5.74) is 1.91. The summed E-state index contributed by atoms with van der Waals surface area (Å²) in [6.07, 6.45) is 5.64. The van der Waals surface area contributed by atoms with Gasteiger partial charge in [-0.25, -0.2) is 9.37 Å². The van der Waals surface area contributed by atoms with E-state index in [2.05, 4.69) is 9.97 Å². The average Bonchev–Trinajstić information content (AvgIpc) is 2.45. The van der Waals surface area contributed by atoms with E-state index in [9.17, 15) is 4.39 Å². The molecule has 2 aromatic rings. The Kier molecular flexibility index (Phi) is 4.68. The molecule has 0 N–H and O–H groups in total. The molecule has 0 aliphatic rings. The lowest BCUT2D eigenvalue weighted by Crippen LogP contribution is -2.22. The monoisotopic (exact) mass is 279 g/mol. The topological polar surface area (TPSA) is 29.0 Å². The highest BCUT2D eigenvalue weighted by atomic mass is 35.5. The van der Waals surface area contributed by atoms with Gasteiger partial charge in [0.25, 0.3) is 0 Å². The number of halogens is 2. The predicted molar refractivity (Wildman–Crippen MR) is 75.0 cm³/mol. The van der Waals surface area contributed by atoms with Gasteiger partial charge in [-0.3, -0.25) is 4.98 Å². The number of likely N-dealkylation sites (N-methyl/N-ethyl adjacent to an activating group) is 1. The van der Waals surface area contributed by atoms with Crippen molar-refractivity contribution in [2.24, 2.45) is 0 Å². The molecule has 19 heavy (non-hydrogen) atoms. The van der Waals surface area contributed by atoms with Crippen molar-refractivity contribution in [2.75, 3.05) is 18.5 Å². The molecule has 5 heteroatoms. The predicted octanol–water partition coefficient (Wildman–Crippen LogP) is 3.03.